The molecule has 2 aromatic heterocycles. The van der Waals surface area contributed by atoms with Crippen LogP contribution in [0.1, 0.15) is 15.9 Å². The Kier molecular flexibility index (Phi) is 5.12. The van der Waals surface area contributed by atoms with Crippen molar-refractivity contribution in [3.8, 4) is 17.2 Å². The third-order valence-corrected chi connectivity index (χ3v) is 4.90. The number of aromatic hydroxyl groups is 1. The van der Waals surface area contributed by atoms with Crippen molar-refractivity contribution in [3.63, 3.8) is 0 Å². The predicted octanol–water partition coefficient (Wildman–Crippen LogP) is 3.80. The van der Waals surface area contributed by atoms with Crippen molar-refractivity contribution in [2.75, 3.05) is 12.4 Å². The van der Waals surface area contributed by atoms with Crippen LogP contribution in [0.4, 0.5) is 10.1 Å². The third kappa shape index (κ3) is 3.59. The van der Waals surface area contributed by atoms with Gasteiger partial charge in [-0.25, -0.2) is 9.37 Å². The molecule has 0 unspecified atom stereocenters. The number of carbonyl (C=O) groups excluding carboxylic acids is 1. The highest BCUT2D eigenvalue weighted by molar-refractivity contribution is 6.09. The van der Waals surface area contributed by atoms with Gasteiger partial charge in [0.15, 0.2) is 5.65 Å². The van der Waals surface area contributed by atoms with E-state index in [0.717, 1.165) is 0 Å². The lowest BCUT2D eigenvalue weighted by Crippen LogP contribution is -2.29. The van der Waals surface area contributed by atoms with Crippen molar-refractivity contribution in [2.24, 2.45) is 0 Å². The van der Waals surface area contributed by atoms with Crippen LogP contribution >= 0.6 is 0 Å². The number of methoxy groups -OCH3 is 1. The second-order valence-electron chi connectivity index (χ2n) is 6.85. The largest absolute Gasteiger partial charge is 0.506 e. The minimum absolute atomic E-state index is 0.199. The van der Waals surface area contributed by atoms with E-state index >= 15 is 0 Å². The van der Waals surface area contributed by atoms with Gasteiger partial charge in [0.1, 0.15) is 22.9 Å². The van der Waals surface area contributed by atoms with Crippen molar-refractivity contribution >= 4 is 22.6 Å². The Morgan fingerprint density at radius 2 is 1.90 bits per heavy atom. The molecule has 0 aliphatic carbocycles. The van der Waals surface area contributed by atoms with Gasteiger partial charge in [-0.1, -0.05) is 0 Å². The first-order valence-corrected chi connectivity index (χ1v) is 9.35. The molecule has 7 nitrogen and oxygen atoms in total. The summed E-state index contributed by atoms with van der Waals surface area (Å²) >= 11 is 0. The van der Waals surface area contributed by atoms with Gasteiger partial charge in [0.2, 0.25) is 0 Å². The minimum Gasteiger partial charge on any atom is -0.506 e. The molecule has 0 atom stereocenters. The second-order valence-corrected chi connectivity index (χ2v) is 6.85. The van der Waals surface area contributed by atoms with E-state index < -0.39 is 28.6 Å². The van der Waals surface area contributed by atoms with E-state index in [-0.39, 0.29) is 11.0 Å². The average molecular weight is 419 g/mol. The molecule has 0 spiro atoms. The van der Waals surface area contributed by atoms with Crippen LogP contribution in [-0.4, -0.2) is 27.7 Å². The number of nitrogens with zero attached hydrogens (tertiary/aromatic N) is 2. The second kappa shape index (κ2) is 7.91. The molecule has 4 aromatic rings. The Hall–Kier alpha value is -4.20. The number of benzene rings is 2. The molecular weight excluding hydrogens is 401 g/mol. The molecular formula is C23H18FN3O4. The van der Waals surface area contributed by atoms with E-state index in [1.807, 2.05) is 0 Å². The number of amides is 1. The molecule has 0 saturated heterocycles. The fraction of sp³-hybridized carbons (Fsp3) is 0.0870. The fourth-order valence-corrected chi connectivity index (χ4v) is 3.33. The van der Waals surface area contributed by atoms with Crippen LogP contribution in [0.15, 0.2) is 65.6 Å². The maximum atomic E-state index is 13.4. The third-order valence-electron chi connectivity index (χ3n) is 4.90. The van der Waals surface area contributed by atoms with Gasteiger partial charge in [0, 0.05) is 11.9 Å². The zero-order valence-electron chi connectivity index (χ0n) is 16.7. The van der Waals surface area contributed by atoms with E-state index in [1.165, 1.54) is 36.1 Å². The van der Waals surface area contributed by atoms with Crippen molar-refractivity contribution in [1.82, 2.24) is 9.55 Å². The number of anilines is 1. The van der Waals surface area contributed by atoms with Gasteiger partial charge in [-0.15, -0.1) is 0 Å². The van der Waals surface area contributed by atoms with Crippen LogP contribution in [0.25, 0.3) is 16.7 Å². The Morgan fingerprint density at radius 3 is 2.58 bits per heavy atom. The lowest BCUT2D eigenvalue weighted by Gasteiger charge is -2.15. The monoisotopic (exact) mass is 419 g/mol. The van der Waals surface area contributed by atoms with Gasteiger partial charge in [-0.2, -0.15) is 0 Å². The highest BCUT2D eigenvalue weighted by atomic mass is 19.1. The lowest BCUT2D eigenvalue weighted by molar-refractivity contribution is 0.102. The Morgan fingerprint density at radius 1 is 1.16 bits per heavy atom. The summed E-state index contributed by atoms with van der Waals surface area (Å²) < 4.78 is 19.8. The highest BCUT2D eigenvalue weighted by Crippen LogP contribution is 2.28. The summed E-state index contributed by atoms with van der Waals surface area (Å²) in [6, 6.07) is 13.7. The first kappa shape index (κ1) is 20.1. The van der Waals surface area contributed by atoms with Gasteiger partial charge >= 0.3 is 0 Å². The zero-order valence-corrected chi connectivity index (χ0v) is 16.7. The van der Waals surface area contributed by atoms with Crippen LogP contribution in [0.3, 0.4) is 0 Å². The number of rotatable bonds is 4. The summed E-state index contributed by atoms with van der Waals surface area (Å²) in [5.74, 6) is -1.14. The van der Waals surface area contributed by atoms with Gasteiger partial charge in [0.25, 0.3) is 11.5 Å². The van der Waals surface area contributed by atoms with E-state index in [9.17, 15) is 19.1 Å². The fourth-order valence-electron chi connectivity index (χ4n) is 3.33. The van der Waals surface area contributed by atoms with Crippen LogP contribution in [0, 0.1) is 12.7 Å². The van der Waals surface area contributed by atoms with Crippen LogP contribution in [0.2, 0.25) is 0 Å². The van der Waals surface area contributed by atoms with E-state index in [2.05, 4.69) is 10.3 Å². The Labute approximate surface area is 176 Å². The molecule has 31 heavy (non-hydrogen) atoms. The zero-order chi connectivity index (χ0) is 22.1. The van der Waals surface area contributed by atoms with Gasteiger partial charge in [-0.3, -0.25) is 14.2 Å². The topological polar surface area (TPSA) is 93.5 Å². The molecule has 4 rings (SSSR count). The molecule has 2 N–H and O–H groups in total. The maximum absolute atomic E-state index is 13.4. The van der Waals surface area contributed by atoms with Gasteiger partial charge < -0.3 is 15.2 Å². The quantitative estimate of drug-likeness (QED) is 0.525. The summed E-state index contributed by atoms with van der Waals surface area (Å²) in [5, 5.41) is 13.6. The van der Waals surface area contributed by atoms with Crippen molar-refractivity contribution < 1.29 is 19.0 Å². The number of pyridine rings is 2. The van der Waals surface area contributed by atoms with Crippen LogP contribution < -0.4 is 15.6 Å². The molecule has 2 aromatic carbocycles. The number of hydrogen-bond donors (Lipinski definition) is 2. The number of fused-ring (bicyclic) bond motifs is 1. The van der Waals surface area contributed by atoms with Crippen molar-refractivity contribution in [1.29, 1.82) is 0 Å². The molecule has 1 amide bonds. The summed E-state index contributed by atoms with van der Waals surface area (Å²) in [5.41, 5.74) is 0.260. The number of halogens is 1. The van der Waals surface area contributed by atoms with E-state index in [4.69, 9.17) is 4.74 Å². The van der Waals surface area contributed by atoms with E-state index in [1.54, 1.807) is 43.3 Å². The molecule has 0 bridgehead atoms. The normalized spacial score (nSPS) is 10.8. The Balaban J connectivity index is 1.91. The molecule has 0 radical (unpaired) electrons. The number of aromatic nitrogens is 2. The standard InChI is InChI=1S/C23H18FN3O4/c1-13-12-14(24)5-10-18(13)26-22(29)19-20(28)17-4-3-11-25-21(17)27(23(19)30)15-6-8-16(31-2)9-7-15/h3-12,28H,1-2H3,(H,26,29). The molecule has 2 heterocycles. The summed E-state index contributed by atoms with van der Waals surface area (Å²) in [4.78, 5) is 30.6. The maximum Gasteiger partial charge on any atom is 0.273 e. The smallest absolute Gasteiger partial charge is 0.273 e. The molecule has 0 aliphatic rings. The van der Waals surface area contributed by atoms with Gasteiger partial charge in [-0.05, 0) is 67.1 Å². The molecule has 0 aliphatic heterocycles. The number of carbonyl (C=O) groups is 1. The van der Waals surface area contributed by atoms with Gasteiger partial charge in [0.05, 0.1) is 18.2 Å². The van der Waals surface area contributed by atoms with Crippen molar-refractivity contribution in [2.45, 2.75) is 6.92 Å². The highest BCUT2D eigenvalue weighted by Gasteiger charge is 2.24. The molecule has 0 fully saturated rings. The number of ether oxygens (including phenoxy) is 1. The summed E-state index contributed by atoms with van der Waals surface area (Å²) in [6.45, 7) is 1.62. The van der Waals surface area contributed by atoms with E-state index in [0.29, 0.717) is 22.7 Å². The summed E-state index contributed by atoms with van der Waals surface area (Å²) in [6.07, 6.45) is 1.49. The predicted molar refractivity (Wildman–Crippen MR) is 115 cm³/mol. The average Bonchev–Trinajstić information content (AvgIpc) is 2.76. The lowest BCUT2D eigenvalue weighted by atomic mass is 10.1. The Bertz CT molecular complexity index is 1360. The SMILES string of the molecule is COc1ccc(-n2c(=O)c(C(=O)Nc3ccc(F)cc3C)c(O)c3cccnc32)cc1. The summed E-state index contributed by atoms with van der Waals surface area (Å²) in [7, 11) is 1.53. The number of hydrogen-bond acceptors (Lipinski definition) is 5. The number of nitrogens with one attached hydrogen (secondary N) is 1. The molecule has 156 valence electrons. The van der Waals surface area contributed by atoms with Crippen LogP contribution in [-0.2, 0) is 0 Å². The van der Waals surface area contributed by atoms with Crippen molar-refractivity contribution in [3.05, 3.63) is 88.1 Å². The number of aryl methyl sites for hydroxylation is 1. The first-order valence-electron chi connectivity index (χ1n) is 9.35. The molecule has 0 saturated carbocycles. The van der Waals surface area contributed by atoms with Crippen LogP contribution in [0.5, 0.6) is 11.5 Å². The first-order chi connectivity index (χ1) is 14.9. The minimum atomic E-state index is -0.815. The molecule has 8 heteroatoms.